The Hall–Kier alpha value is -2.88. The van der Waals surface area contributed by atoms with Crippen molar-refractivity contribution < 1.29 is 9.59 Å². The Morgan fingerprint density at radius 1 is 1.00 bits per heavy atom. The maximum absolute atomic E-state index is 13.0. The number of carbonyl (C=O) groups excluding carboxylic acids is 2. The lowest BCUT2D eigenvalue weighted by Gasteiger charge is -2.49. The molecule has 0 aromatic heterocycles. The highest BCUT2D eigenvalue weighted by Gasteiger charge is 2.54. The number of benzene rings is 2. The molecule has 2 aliphatic heterocycles. The summed E-state index contributed by atoms with van der Waals surface area (Å²) in [7, 11) is 3.87. The van der Waals surface area contributed by atoms with Crippen LogP contribution in [0.3, 0.4) is 0 Å². The molecule has 2 aromatic carbocycles. The van der Waals surface area contributed by atoms with Crippen molar-refractivity contribution in [1.82, 2.24) is 4.90 Å². The van der Waals surface area contributed by atoms with Crippen LogP contribution in [0.25, 0.3) is 6.08 Å². The first-order valence-electron chi connectivity index (χ1n) is 9.63. The number of hydrogen-bond donors (Lipinski definition) is 0. The predicted octanol–water partition coefficient (Wildman–Crippen LogP) is 4.24. The molecule has 2 heterocycles. The van der Waals surface area contributed by atoms with Crippen LogP contribution in [0.4, 0.5) is 5.69 Å². The summed E-state index contributed by atoms with van der Waals surface area (Å²) in [5.41, 5.74) is 3.64. The number of hydrogen-bond acceptors (Lipinski definition) is 3. The molecule has 0 bridgehead atoms. The second-order valence-corrected chi connectivity index (χ2v) is 8.86. The normalized spacial score (nSPS) is 22.7. The molecule has 0 radical (unpaired) electrons. The molecule has 144 valence electrons. The van der Waals surface area contributed by atoms with E-state index in [4.69, 9.17) is 0 Å². The van der Waals surface area contributed by atoms with E-state index in [1.165, 1.54) is 5.56 Å². The van der Waals surface area contributed by atoms with E-state index in [1.807, 2.05) is 55.5 Å². The van der Waals surface area contributed by atoms with Crippen LogP contribution >= 0.6 is 0 Å². The molecule has 0 N–H and O–H groups in total. The molecule has 4 rings (SSSR count). The van der Waals surface area contributed by atoms with Gasteiger partial charge in [0, 0.05) is 25.0 Å². The van der Waals surface area contributed by atoms with Gasteiger partial charge in [-0.1, -0.05) is 49.4 Å². The lowest BCUT2D eigenvalue weighted by atomic mass is 9.65. The summed E-state index contributed by atoms with van der Waals surface area (Å²) in [5.74, 6) is -0.817. The molecule has 0 unspecified atom stereocenters. The minimum absolute atomic E-state index is 0.278. The lowest BCUT2D eigenvalue weighted by Crippen LogP contribution is -2.54. The third-order valence-electron chi connectivity index (χ3n) is 6.01. The van der Waals surface area contributed by atoms with Gasteiger partial charge in [0.05, 0.1) is 11.3 Å². The van der Waals surface area contributed by atoms with E-state index in [9.17, 15) is 9.59 Å². The summed E-state index contributed by atoms with van der Waals surface area (Å²) in [6.45, 7) is 6.33. The summed E-state index contributed by atoms with van der Waals surface area (Å²) >= 11 is 0. The van der Waals surface area contributed by atoms with Crippen molar-refractivity contribution in [3.63, 3.8) is 0 Å². The SMILES string of the molecule is CN(C)/C=C/c1ccc2c3c1C(=O)C(=O)N3C(C)(C)C[C@]2(C)c1ccccc1. The molecule has 0 saturated heterocycles. The fourth-order valence-corrected chi connectivity index (χ4v) is 4.88. The summed E-state index contributed by atoms with van der Waals surface area (Å²) in [6, 6.07) is 14.4. The van der Waals surface area contributed by atoms with Gasteiger partial charge in [-0.25, -0.2) is 0 Å². The Kier molecular flexibility index (Phi) is 4.00. The molecule has 1 amide bonds. The third-order valence-corrected chi connectivity index (χ3v) is 6.01. The Bertz CT molecular complexity index is 1000. The topological polar surface area (TPSA) is 40.6 Å². The highest BCUT2D eigenvalue weighted by molar-refractivity contribution is 6.53. The summed E-state index contributed by atoms with van der Waals surface area (Å²) in [4.78, 5) is 29.6. The third kappa shape index (κ3) is 2.51. The zero-order chi connectivity index (χ0) is 20.3. The van der Waals surface area contributed by atoms with Crippen molar-refractivity contribution in [1.29, 1.82) is 0 Å². The van der Waals surface area contributed by atoms with Gasteiger partial charge >= 0.3 is 0 Å². The number of amides is 1. The zero-order valence-corrected chi connectivity index (χ0v) is 17.1. The maximum atomic E-state index is 13.0. The quantitative estimate of drug-likeness (QED) is 0.755. The Balaban J connectivity index is 2.03. The van der Waals surface area contributed by atoms with Gasteiger partial charge in [0.1, 0.15) is 0 Å². The first-order valence-corrected chi connectivity index (χ1v) is 9.63. The van der Waals surface area contributed by atoms with Crippen LogP contribution in [0.5, 0.6) is 0 Å². The van der Waals surface area contributed by atoms with Crippen molar-refractivity contribution in [3.05, 3.63) is 70.9 Å². The maximum Gasteiger partial charge on any atom is 0.300 e. The van der Waals surface area contributed by atoms with Crippen molar-refractivity contribution in [2.75, 3.05) is 19.0 Å². The highest BCUT2D eigenvalue weighted by atomic mass is 16.2. The average molecular weight is 374 g/mol. The molecule has 28 heavy (non-hydrogen) atoms. The molecule has 2 aliphatic rings. The fourth-order valence-electron chi connectivity index (χ4n) is 4.88. The smallest absolute Gasteiger partial charge is 0.300 e. The van der Waals surface area contributed by atoms with Crippen molar-refractivity contribution in [2.24, 2.45) is 0 Å². The van der Waals surface area contributed by atoms with E-state index >= 15 is 0 Å². The molecule has 2 aromatic rings. The second-order valence-electron chi connectivity index (χ2n) is 8.86. The van der Waals surface area contributed by atoms with Crippen LogP contribution in [-0.4, -0.2) is 36.2 Å². The molecule has 0 saturated carbocycles. The number of anilines is 1. The van der Waals surface area contributed by atoms with Crippen LogP contribution in [0.15, 0.2) is 48.7 Å². The van der Waals surface area contributed by atoms with Crippen LogP contribution in [0.1, 0.15) is 54.2 Å². The summed E-state index contributed by atoms with van der Waals surface area (Å²) < 4.78 is 0. The summed E-state index contributed by atoms with van der Waals surface area (Å²) in [6.07, 6.45) is 4.57. The van der Waals surface area contributed by atoms with Crippen molar-refractivity contribution in [3.8, 4) is 0 Å². The summed E-state index contributed by atoms with van der Waals surface area (Å²) in [5, 5.41) is 0. The minimum Gasteiger partial charge on any atom is -0.383 e. The van der Waals surface area contributed by atoms with Gasteiger partial charge in [0.15, 0.2) is 0 Å². The number of Topliss-reactive ketones (excluding diaryl/α,β-unsaturated/α-hetero) is 1. The molecular formula is C24H26N2O2. The molecule has 4 heteroatoms. The van der Waals surface area contributed by atoms with E-state index in [1.54, 1.807) is 4.90 Å². The van der Waals surface area contributed by atoms with Gasteiger partial charge in [0.25, 0.3) is 11.7 Å². The molecule has 0 fully saturated rings. The molecule has 1 atom stereocenters. The van der Waals surface area contributed by atoms with E-state index < -0.39 is 17.2 Å². The standard InChI is InChI=1S/C24H26N2O2/c1-23(2)15-24(3,17-9-7-6-8-10-17)18-12-11-16(13-14-25(4)5)19-20(18)26(23)22(28)21(19)27/h6-14H,15H2,1-5H3/b14-13+/t24-/m1/s1. The van der Waals surface area contributed by atoms with Gasteiger partial charge in [-0.2, -0.15) is 0 Å². The first-order chi connectivity index (χ1) is 13.2. The van der Waals surface area contributed by atoms with Crippen LogP contribution < -0.4 is 4.90 Å². The molecule has 0 aliphatic carbocycles. The van der Waals surface area contributed by atoms with Crippen molar-refractivity contribution >= 4 is 23.5 Å². The molecule has 4 nitrogen and oxygen atoms in total. The zero-order valence-electron chi connectivity index (χ0n) is 17.1. The van der Waals surface area contributed by atoms with E-state index in [0.717, 1.165) is 23.2 Å². The van der Waals surface area contributed by atoms with Crippen LogP contribution in [0, 0.1) is 0 Å². The fraction of sp³-hybridized carbons (Fsp3) is 0.333. The van der Waals surface area contributed by atoms with Gasteiger partial charge in [-0.15, -0.1) is 0 Å². The number of ketones is 1. The lowest BCUT2D eigenvalue weighted by molar-refractivity contribution is -0.115. The van der Waals surface area contributed by atoms with Crippen LogP contribution in [-0.2, 0) is 10.2 Å². The van der Waals surface area contributed by atoms with E-state index in [2.05, 4.69) is 39.0 Å². The number of carbonyl (C=O) groups is 2. The Morgan fingerprint density at radius 2 is 1.68 bits per heavy atom. The minimum atomic E-state index is -0.459. The number of nitrogens with zero attached hydrogens (tertiary/aromatic N) is 2. The van der Waals surface area contributed by atoms with Gasteiger partial charge < -0.3 is 4.90 Å². The van der Waals surface area contributed by atoms with E-state index in [-0.39, 0.29) is 5.41 Å². The Labute approximate surface area is 166 Å². The van der Waals surface area contributed by atoms with E-state index in [0.29, 0.717) is 5.56 Å². The highest BCUT2D eigenvalue weighted by Crippen LogP contribution is 2.54. The monoisotopic (exact) mass is 374 g/mol. The van der Waals surface area contributed by atoms with Gasteiger partial charge in [0.2, 0.25) is 0 Å². The van der Waals surface area contributed by atoms with Crippen LogP contribution in [0.2, 0.25) is 0 Å². The number of rotatable bonds is 3. The molecule has 0 spiro atoms. The average Bonchev–Trinajstić information content (AvgIpc) is 2.91. The van der Waals surface area contributed by atoms with Crippen molar-refractivity contribution in [2.45, 2.75) is 38.1 Å². The van der Waals surface area contributed by atoms with Gasteiger partial charge in [-0.05, 0) is 49.2 Å². The first kappa shape index (κ1) is 18.5. The van der Waals surface area contributed by atoms with Gasteiger partial charge in [-0.3, -0.25) is 14.5 Å². The predicted molar refractivity (Wildman–Crippen MR) is 113 cm³/mol. The largest absolute Gasteiger partial charge is 0.383 e. The molecular weight excluding hydrogens is 348 g/mol. The second kappa shape index (κ2) is 6.06. The Morgan fingerprint density at radius 3 is 2.32 bits per heavy atom.